The van der Waals surface area contributed by atoms with Crippen LogP contribution in [-0.4, -0.2) is 13.2 Å². The van der Waals surface area contributed by atoms with E-state index in [-0.39, 0.29) is 11.9 Å². The number of hydrogen-bond donors (Lipinski definition) is 1. The third-order valence-electron chi connectivity index (χ3n) is 2.64. The Bertz CT molecular complexity index is 415. The smallest absolute Gasteiger partial charge is 0.126 e. The normalized spacial score (nSPS) is 11.9. The Morgan fingerprint density at radius 1 is 1.50 bits per heavy atom. The average molecular weight is 250 g/mol. The second-order valence-electron chi connectivity index (χ2n) is 4.07. The van der Waals surface area contributed by atoms with Gasteiger partial charge < -0.3 is 10.1 Å². The van der Waals surface area contributed by atoms with Gasteiger partial charge in [0.05, 0.1) is 12.7 Å². The first-order valence-corrected chi connectivity index (χ1v) is 6.21. The Hall–Kier alpha value is -1.60. The van der Waals surface area contributed by atoms with Gasteiger partial charge in [0.15, 0.2) is 0 Å². The molecule has 18 heavy (non-hydrogen) atoms. The number of nitrogens with zero attached hydrogens (tertiary/aromatic N) is 1. The summed E-state index contributed by atoms with van der Waals surface area (Å²) in [5.74, 6) is 0.249. The van der Waals surface area contributed by atoms with Gasteiger partial charge in [0.2, 0.25) is 0 Å². The summed E-state index contributed by atoms with van der Waals surface area (Å²) in [6.45, 7) is 5.31. The Balaban J connectivity index is 2.73. The molecule has 0 aliphatic heterocycles. The van der Waals surface area contributed by atoms with Gasteiger partial charge in [0, 0.05) is 24.1 Å². The zero-order chi connectivity index (χ0) is 13.4. The van der Waals surface area contributed by atoms with E-state index in [1.165, 1.54) is 12.1 Å². The summed E-state index contributed by atoms with van der Waals surface area (Å²) in [6.07, 6.45) is 1.11. The minimum atomic E-state index is -0.308. The largest absolute Gasteiger partial charge is 0.493 e. The molecule has 0 saturated heterocycles. The first-order chi connectivity index (χ1) is 8.69. The second kappa shape index (κ2) is 7.67. The molecule has 3 nitrogen and oxygen atoms in total. The summed E-state index contributed by atoms with van der Waals surface area (Å²) >= 11 is 0. The maximum atomic E-state index is 13.2. The highest BCUT2D eigenvalue weighted by molar-refractivity contribution is 5.36. The number of nitrogens with one attached hydrogen (secondary N) is 1. The number of hydrogen-bond acceptors (Lipinski definition) is 3. The van der Waals surface area contributed by atoms with E-state index >= 15 is 0 Å². The summed E-state index contributed by atoms with van der Waals surface area (Å²) in [6, 6.07) is 6.74. The molecule has 0 radical (unpaired) electrons. The maximum absolute atomic E-state index is 13.2. The molecule has 1 N–H and O–H groups in total. The first kappa shape index (κ1) is 14.5. The number of nitriles is 1. The van der Waals surface area contributed by atoms with E-state index < -0.39 is 0 Å². The van der Waals surface area contributed by atoms with Crippen molar-refractivity contribution in [1.82, 2.24) is 5.32 Å². The van der Waals surface area contributed by atoms with E-state index in [0.717, 1.165) is 12.1 Å². The number of unbranched alkanes of at least 4 members (excludes halogenated alkanes) is 1. The predicted octanol–water partition coefficient (Wildman–Crippen LogP) is 3.18. The zero-order valence-electron chi connectivity index (χ0n) is 10.9. The standard InChI is InChI=1S/C14H19FN2O/c1-3-17-11(2)13-7-6-12(15)10-14(13)18-9-5-4-8-16/h6-7,10-11,17H,3-5,9H2,1-2H3. The van der Waals surface area contributed by atoms with Crippen molar-refractivity contribution < 1.29 is 9.13 Å². The summed E-state index contributed by atoms with van der Waals surface area (Å²) in [4.78, 5) is 0. The number of benzene rings is 1. The zero-order valence-corrected chi connectivity index (χ0v) is 10.9. The molecule has 0 spiro atoms. The molecule has 0 aliphatic rings. The van der Waals surface area contributed by atoms with Gasteiger partial charge >= 0.3 is 0 Å². The summed E-state index contributed by atoms with van der Waals surface area (Å²) in [5.41, 5.74) is 0.940. The average Bonchev–Trinajstić information content (AvgIpc) is 2.35. The number of ether oxygens (including phenoxy) is 1. The second-order valence-corrected chi connectivity index (χ2v) is 4.07. The SMILES string of the molecule is CCNC(C)c1ccc(F)cc1OCCCC#N. The summed E-state index contributed by atoms with van der Waals surface area (Å²) in [7, 11) is 0. The van der Waals surface area contributed by atoms with Crippen molar-refractivity contribution in [2.45, 2.75) is 32.7 Å². The third kappa shape index (κ3) is 4.34. The monoisotopic (exact) mass is 250 g/mol. The lowest BCUT2D eigenvalue weighted by molar-refractivity contribution is 0.305. The van der Waals surface area contributed by atoms with E-state index in [1.807, 2.05) is 13.8 Å². The van der Waals surface area contributed by atoms with E-state index in [9.17, 15) is 4.39 Å². The van der Waals surface area contributed by atoms with Gasteiger partial charge in [-0.2, -0.15) is 5.26 Å². The van der Waals surface area contributed by atoms with Crippen molar-refractivity contribution in [1.29, 1.82) is 5.26 Å². The predicted molar refractivity (Wildman–Crippen MR) is 68.8 cm³/mol. The van der Waals surface area contributed by atoms with Crippen molar-refractivity contribution in [2.24, 2.45) is 0 Å². The quantitative estimate of drug-likeness (QED) is 0.756. The van der Waals surface area contributed by atoms with Gasteiger partial charge in [0.1, 0.15) is 11.6 Å². The molecular weight excluding hydrogens is 231 g/mol. The van der Waals surface area contributed by atoms with Crippen molar-refractivity contribution in [2.75, 3.05) is 13.2 Å². The first-order valence-electron chi connectivity index (χ1n) is 6.21. The fourth-order valence-corrected chi connectivity index (χ4v) is 1.74. The molecule has 0 aromatic heterocycles. The molecule has 0 saturated carbocycles. The van der Waals surface area contributed by atoms with Crippen LogP contribution in [0.2, 0.25) is 0 Å². The Kier molecular flexibility index (Phi) is 6.16. The third-order valence-corrected chi connectivity index (χ3v) is 2.64. The topological polar surface area (TPSA) is 45.0 Å². The Morgan fingerprint density at radius 3 is 2.94 bits per heavy atom. The molecule has 1 aromatic carbocycles. The van der Waals surface area contributed by atoms with Gasteiger partial charge in [-0.25, -0.2) is 4.39 Å². The molecule has 4 heteroatoms. The van der Waals surface area contributed by atoms with Crippen LogP contribution in [-0.2, 0) is 0 Å². The van der Waals surface area contributed by atoms with Crippen LogP contribution < -0.4 is 10.1 Å². The van der Waals surface area contributed by atoms with Crippen LogP contribution in [0.25, 0.3) is 0 Å². The van der Waals surface area contributed by atoms with Crippen molar-refractivity contribution in [3.05, 3.63) is 29.6 Å². The van der Waals surface area contributed by atoms with Gasteiger partial charge in [-0.15, -0.1) is 0 Å². The van der Waals surface area contributed by atoms with Crippen LogP contribution in [0.15, 0.2) is 18.2 Å². The molecule has 0 fully saturated rings. The summed E-state index contributed by atoms with van der Waals surface area (Å²) in [5, 5.41) is 11.7. The van der Waals surface area contributed by atoms with Gasteiger partial charge in [-0.3, -0.25) is 0 Å². The minimum absolute atomic E-state index is 0.113. The minimum Gasteiger partial charge on any atom is -0.493 e. The van der Waals surface area contributed by atoms with E-state index in [4.69, 9.17) is 10.00 Å². The van der Waals surface area contributed by atoms with Crippen LogP contribution in [0.3, 0.4) is 0 Å². The van der Waals surface area contributed by atoms with Crippen LogP contribution >= 0.6 is 0 Å². The highest BCUT2D eigenvalue weighted by atomic mass is 19.1. The molecular formula is C14H19FN2O. The lowest BCUT2D eigenvalue weighted by Crippen LogP contribution is -2.18. The molecule has 0 heterocycles. The molecule has 1 aromatic rings. The molecule has 1 atom stereocenters. The lowest BCUT2D eigenvalue weighted by Gasteiger charge is -2.17. The van der Waals surface area contributed by atoms with Gasteiger partial charge in [-0.1, -0.05) is 13.0 Å². The van der Waals surface area contributed by atoms with Crippen LogP contribution in [0.5, 0.6) is 5.75 Å². The molecule has 0 bridgehead atoms. The van der Waals surface area contributed by atoms with Crippen molar-refractivity contribution >= 4 is 0 Å². The van der Waals surface area contributed by atoms with Crippen LogP contribution in [0, 0.1) is 17.1 Å². The molecule has 98 valence electrons. The van der Waals surface area contributed by atoms with E-state index in [1.54, 1.807) is 6.07 Å². The number of halogens is 1. The van der Waals surface area contributed by atoms with E-state index in [2.05, 4.69) is 11.4 Å². The van der Waals surface area contributed by atoms with Gasteiger partial charge in [0.25, 0.3) is 0 Å². The molecule has 0 aliphatic carbocycles. The summed E-state index contributed by atoms with van der Waals surface area (Å²) < 4.78 is 18.8. The fourth-order valence-electron chi connectivity index (χ4n) is 1.74. The molecule has 1 unspecified atom stereocenters. The molecule has 0 amide bonds. The van der Waals surface area contributed by atoms with E-state index in [0.29, 0.717) is 25.2 Å². The Labute approximate surface area is 108 Å². The number of rotatable bonds is 7. The maximum Gasteiger partial charge on any atom is 0.126 e. The van der Waals surface area contributed by atoms with Crippen LogP contribution in [0.1, 0.15) is 38.3 Å². The highest BCUT2D eigenvalue weighted by Gasteiger charge is 2.11. The Morgan fingerprint density at radius 2 is 2.28 bits per heavy atom. The van der Waals surface area contributed by atoms with Gasteiger partial charge in [-0.05, 0) is 26.0 Å². The van der Waals surface area contributed by atoms with Crippen molar-refractivity contribution in [3.8, 4) is 11.8 Å². The highest BCUT2D eigenvalue weighted by Crippen LogP contribution is 2.26. The lowest BCUT2D eigenvalue weighted by atomic mass is 10.1. The van der Waals surface area contributed by atoms with Crippen LogP contribution in [0.4, 0.5) is 4.39 Å². The van der Waals surface area contributed by atoms with Crippen molar-refractivity contribution in [3.63, 3.8) is 0 Å². The fraction of sp³-hybridized carbons (Fsp3) is 0.500. The molecule has 1 rings (SSSR count).